The third-order valence-electron chi connectivity index (χ3n) is 5.97. The van der Waals surface area contributed by atoms with Crippen molar-refractivity contribution in [3.05, 3.63) is 58.6 Å². The summed E-state index contributed by atoms with van der Waals surface area (Å²) in [7, 11) is 1.68. The molecule has 4 rings (SSSR count). The van der Waals surface area contributed by atoms with Gasteiger partial charge in [-0.25, -0.2) is 4.79 Å². The van der Waals surface area contributed by atoms with E-state index in [2.05, 4.69) is 38.3 Å². The molecule has 0 bridgehead atoms. The normalized spacial score (nSPS) is 21.5. The van der Waals surface area contributed by atoms with Crippen LogP contribution in [0.15, 0.2) is 53.0 Å². The lowest BCUT2D eigenvalue weighted by molar-refractivity contribution is 0.146. The van der Waals surface area contributed by atoms with E-state index in [0.717, 1.165) is 48.5 Å². The molecule has 2 aliphatic rings. The summed E-state index contributed by atoms with van der Waals surface area (Å²) in [5.74, 6) is 1.49. The Labute approximate surface area is 192 Å². The van der Waals surface area contributed by atoms with Gasteiger partial charge in [0.25, 0.3) is 0 Å². The van der Waals surface area contributed by atoms with Crippen molar-refractivity contribution in [2.45, 2.75) is 18.9 Å². The van der Waals surface area contributed by atoms with E-state index in [0.29, 0.717) is 19.1 Å². The molecule has 0 radical (unpaired) electrons. The van der Waals surface area contributed by atoms with Crippen LogP contribution in [0.4, 0.5) is 10.5 Å². The van der Waals surface area contributed by atoms with Crippen molar-refractivity contribution in [3.63, 3.8) is 0 Å². The first-order valence-electron chi connectivity index (χ1n) is 10.9. The first kappa shape index (κ1) is 22.1. The lowest BCUT2D eigenvalue weighted by Crippen LogP contribution is -2.38. The van der Waals surface area contributed by atoms with Crippen LogP contribution in [0.2, 0.25) is 0 Å². The molecule has 2 saturated heterocycles. The maximum absolute atomic E-state index is 12.4. The van der Waals surface area contributed by atoms with Crippen LogP contribution in [0, 0.1) is 5.92 Å². The summed E-state index contributed by atoms with van der Waals surface area (Å²) in [6.07, 6.45) is 2.19. The number of anilines is 1. The Morgan fingerprint density at radius 3 is 2.77 bits per heavy atom. The highest BCUT2D eigenvalue weighted by atomic mass is 79.9. The van der Waals surface area contributed by atoms with E-state index >= 15 is 0 Å². The van der Waals surface area contributed by atoms with Crippen LogP contribution in [-0.2, 0) is 11.2 Å². The minimum Gasteiger partial charge on any atom is -0.491 e. The standard InChI is InChI=1S/C24H30BrN3O3/c1-30-11-12-31-22-7-8-23(25)19(14-22)13-18-9-10-27(15-18)16-20-17-28(24(29)26-20)21-5-3-2-4-6-21/h2-8,14,18,20H,9-13,15-17H2,1H3,(H,26,29). The summed E-state index contributed by atoms with van der Waals surface area (Å²) in [6.45, 7) is 4.89. The first-order valence-corrected chi connectivity index (χ1v) is 11.7. The number of ether oxygens (including phenoxy) is 2. The van der Waals surface area contributed by atoms with E-state index < -0.39 is 0 Å². The highest BCUT2D eigenvalue weighted by Crippen LogP contribution is 2.29. The molecule has 0 aromatic heterocycles. The molecule has 2 aliphatic heterocycles. The van der Waals surface area contributed by atoms with Crippen LogP contribution in [0.5, 0.6) is 5.75 Å². The molecule has 7 heteroatoms. The van der Waals surface area contributed by atoms with Gasteiger partial charge in [-0.05, 0) is 61.2 Å². The first-order chi connectivity index (χ1) is 15.1. The minimum atomic E-state index is 0.00108. The molecule has 166 valence electrons. The van der Waals surface area contributed by atoms with Crippen LogP contribution >= 0.6 is 15.9 Å². The molecular weight excluding hydrogens is 458 g/mol. The molecule has 2 amide bonds. The van der Waals surface area contributed by atoms with Gasteiger partial charge in [0.2, 0.25) is 0 Å². The minimum absolute atomic E-state index is 0.00108. The summed E-state index contributed by atoms with van der Waals surface area (Å²) >= 11 is 3.69. The van der Waals surface area contributed by atoms with Crippen molar-refractivity contribution in [1.82, 2.24) is 10.2 Å². The van der Waals surface area contributed by atoms with Crippen LogP contribution < -0.4 is 15.0 Å². The third-order valence-corrected chi connectivity index (χ3v) is 6.75. The fraction of sp³-hybridized carbons (Fsp3) is 0.458. The summed E-state index contributed by atoms with van der Waals surface area (Å²) in [5.41, 5.74) is 2.24. The lowest BCUT2D eigenvalue weighted by atomic mass is 9.98. The Morgan fingerprint density at radius 1 is 1.13 bits per heavy atom. The average molecular weight is 488 g/mol. The zero-order valence-corrected chi connectivity index (χ0v) is 19.5. The van der Waals surface area contributed by atoms with Crippen molar-refractivity contribution in [2.75, 3.05) is 51.4 Å². The molecule has 2 aromatic rings. The smallest absolute Gasteiger partial charge is 0.322 e. The van der Waals surface area contributed by atoms with Gasteiger partial charge in [0.1, 0.15) is 12.4 Å². The van der Waals surface area contributed by atoms with Gasteiger partial charge in [0, 0.05) is 36.9 Å². The van der Waals surface area contributed by atoms with E-state index in [1.165, 1.54) is 12.0 Å². The maximum atomic E-state index is 12.4. The predicted molar refractivity (Wildman–Crippen MR) is 126 cm³/mol. The number of halogens is 1. The number of carbonyl (C=O) groups excluding carboxylic acids is 1. The van der Waals surface area contributed by atoms with E-state index in [-0.39, 0.29) is 12.1 Å². The molecule has 0 spiro atoms. The molecular formula is C24H30BrN3O3. The van der Waals surface area contributed by atoms with Gasteiger partial charge in [-0.15, -0.1) is 0 Å². The number of benzene rings is 2. The van der Waals surface area contributed by atoms with Gasteiger partial charge in [-0.1, -0.05) is 34.1 Å². The second-order valence-electron chi connectivity index (χ2n) is 8.31. The van der Waals surface area contributed by atoms with Gasteiger partial charge in [-0.3, -0.25) is 4.90 Å². The molecule has 2 fully saturated rings. The third kappa shape index (κ3) is 5.79. The highest BCUT2D eigenvalue weighted by molar-refractivity contribution is 9.10. The van der Waals surface area contributed by atoms with Crippen molar-refractivity contribution in [3.8, 4) is 5.75 Å². The number of urea groups is 1. The molecule has 2 heterocycles. The number of nitrogens with one attached hydrogen (secondary N) is 1. The molecule has 6 nitrogen and oxygen atoms in total. The van der Waals surface area contributed by atoms with Crippen LogP contribution in [0.3, 0.4) is 0 Å². The maximum Gasteiger partial charge on any atom is 0.322 e. The van der Waals surface area contributed by atoms with E-state index in [1.807, 2.05) is 41.3 Å². The van der Waals surface area contributed by atoms with Crippen molar-refractivity contribution < 1.29 is 14.3 Å². The molecule has 2 atom stereocenters. The molecule has 2 unspecified atom stereocenters. The van der Waals surface area contributed by atoms with Crippen molar-refractivity contribution in [2.24, 2.45) is 5.92 Å². The monoisotopic (exact) mass is 487 g/mol. The Kier molecular flexibility index (Phi) is 7.48. The van der Waals surface area contributed by atoms with E-state index in [9.17, 15) is 4.79 Å². The summed E-state index contributed by atoms with van der Waals surface area (Å²) < 4.78 is 12.0. The Hall–Kier alpha value is -2.09. The Morgan fingerprint density at radius 2 is 1.97 bits per heavy atom. The molecule has 0 aliphatic carbocycles. The highest BCUT2D eigenvalue weighted by Gasteiger charge is 2.33. The summed E-state index contributed by atoms with van der Waals surface area (Å²) in [5, 5.41) is 3.15. The van der Waals surface area contributed by atoms with E-state index in [4.69, 9.17) is 9.47 Å². The zero-order valence-electron chi connectivity index (χ0n) is 17.9. The summed E-state index contributed by atoms with van der Waals surface area (Å²) in [6, 6.07) is 16.2. The van der Waals surface area contributed by atoms with Gasteiger partial charge in [-0.2, -0.15) is 0 Å². The van der Waals surface area contributed by atoms with Gasteiger partial charge < -0.3 is 19.7 Å². The topological polar surface area (TPSA) is 54.0 Å². The lowest BCUT2D eigenvalue weighted by Gasteiger charge is -2.20. The second kappa shape index (κ2) is 10.5. The largest absolute Gasteiger partial charge is 0.491 e. The predicted octanol–water partition coefficient (Wildman–Crippen LogP) is 3.94. The van der Waals surface area contributed by atoms with E-state index in [1.54, 1.807) is 7.11 Å². The summed E-state index contributed by atoms with van der Waals surface area (Å²) in [4.78, 5) is 16.7. The fourth-order valence-electron chi connectivity index (χ4n) is 4.44. The Bertz CT molecular complexity index is 880. The van der Waals surface area contributed by atoms with Crippen molar-refractivity contribution in [1.29, 1.82) is 0 Å². The fourth-order valence-corrected chi connectivity index (χ4v) is 4.85. The van der Waals surface area contributed by atoms with Crippen LogP contribution in [-0.4, -0.2) is 63.5 Å². The molecule has 31 heavy (non-hydrogen) atoms. The number of carbonyl (C=O) groups is 1. The second-order valence-corrected chi connectivity index (χ2v) is 9.16. The zero-order chi connectivity index (χ0) is 21.6. The number of rotatable bonds is 9. The number of likely N-dealkylation sites (tertiary alicyclic amines) is 1. The number of nitrogens with zero attached hydrogens (tertiary/aromatic N) is 2. The SMILES string of the molecule is COCCOc1ccc(Br)c(CC2CCN(CC3CN(c4ccccc4)C(=O)N3)C2)c1. The van der Waals surface area contributed by atoms with Gasteiger partial charge in [0.05, 0.1) is 12.6 Å². The molecule has 0 saturated carbocycles. The number of hydrogen-bond donors (Lipinski definition) is 1. The molecule has 1 N–H and O–H groups in total. The number of hydrogen-bond acceptors (Lipinski definition) is 4. The number of amides is 2. The van der Waals surface area contributed by atoms with Gasteiger partial charge in [0.15, 0.2) is 0 Å². The molecule has 2 aromatic carbocycles. The number of para-hydroxylation sites is 1. The van der Waals surface area contributed by atoms with Crippen LogP contribution in [0.25, 0.3) is 0 Å². The average Bonchev–Trinajstić information content (AvgIpc) is 3.37. The van der Waals surface area contributed by atoms with Crippen LogP contribution in [0.1, 0.15) is 12.0 Å². The Balaban J connectivity index is 1.28. The quantitative estimate of drug-likeness (QED) is 0.544. The van der Waals surface area contributed by atoms with Crippen molar-refractivity contribution >= 4 is 27.6 Å². The number of methoxy groups -OCH3 is 1. The van der Waals surface area contributed by atoms with Gasteiger partial charge >= 0.3 is 6.03 Å².